The Morgan fingerprint density at radius 3 is 2.95 bits per heavy atom. The molecule has 0 spiro atoms. The number of benzene rings is 1. The van der Waals surface area contributed by atoms with Gasteiger partial charge in [-0.3, -0.25) is 0 Å². The van der Waals surface area contributed by atoms with Crippen LogP contribution in [0, 0.1) is 0 Å². The second kappa shape index (κ2) is 4.39. The summed E-state index contributed by atoms with van der Waals surface area (Å²) in [6.07, 6.45) is 2.52. The van der Waals surface area contributed by atoms with Gasteiger partial charge >= 0.3 is 5.97 Å². The summed E-state index contributed by atoms with van der Waals surface area (Å²) >= 11 is 0. The molecule has 0 amide bonds. The molecule has 2 aromatic rings. The number of rotatable bonds is 2. The summed E-state index contributed by atoms with van der Waals surface area (Å²) in [7, 11) is 0. The van der Waals surface area contributed by atoms with Crippen LogP contribution >= 0.6 is 0 Å². The van der Waals surface area contributed by atoms with Crippen LogP contribution in [-0.2, 0) is 6.42 Å². The molecule has 0 bridgehead atoms. The number of para-hydroxylation sites is 1. The van der Waals surface area contributed by atoms with Crippen molar-refractivity contribution in [2.24, 2.45) is 0 Å². The van der Waals surface area contributed by atoms with Crippen LogP contribution in [0.3, 0.4) is 0 Å². The molecule has 3 rings (SSSR count). The van der Waals surface area contributed by atoms with Crippen LogP contribution in [0.25, 0.3) is 0 Å². The number of nitrogens with zero attached hydrogens (tertiary/aromatic N) is 2. The third-order valence-electron chi connectivity index (χ3n) is 3.45. The van der Waals surface area contributed by atoms with Gasteiger partial charge in [0.25, 0.3) is 0 Å². The van der Waals surface area contributed by atoms with Crippen LogP contribution in [0.2, 0.25) is 0 Å². The predicted octanol–water partition coefficient (Wildman–Crippen LogP) is 2.86. The average molecular weight is 254 g/mol. The number of anilines is 2. The molecule has 4 heteroatoms. The number of aromatic nitrogens is 1. The second-order valence-corrected chi connectivity index (χ2v) is 4.76. The fraction of sp³-hybridized carbons (Fsp3) is 0.200. The summed E-state index contributed by atoms with van der Waals surface area (Å²) in [5.74, 6) is -0.998. The van der Waals surface area contributed by atoms with Gasteiger partial charge in [0.1, 0.15) is 5.69 Å². The van der Waals surface area contributed by atoms with E-state index in [1.165, 1.54) is 5.56 Å². The molecule has 1 N–H and O–H groups in total. The lowest BCUT2D eigenvalue weighted by Gasteiger charge is -2.25. The highest BCUT2D eigenvalue weighted by molar-refractivity contribution is 5.87. The summed E-state index contributed by atoms with van der Waals surface area (Å²) in [5, 5.41) is 9.03. The normalized spacial score (nSPS) is 17.3. The Kier molecular flexibility index (Phi) is 2.71. The summed E-state index contributed by atoms with van der Waals surface area (Å²) in [6, 6.07) is 12.0. The van der Waals surface area contributed by atoms with Gasteiger partial charge in [0, 0.05) is 23.6 Å². The highest BCUT2D eigenvalue weighted by atomic mass is 16.4. The number of hydrogen-bond donors (Lipinski definition) is 1. The largest absolute Gasteiger partial charge is 0.477 e. The minimum Gasteiger partial charge on any atom is -0.477 e. The van der Waals surface area contributed by atoms with Gasteiger partial charge in [0.05, 0.1) is 0 Å². The smallest absolute Gasteiger partial charge is 0.354 e. The number of pyridine rings is 1. The summed E-state index contributed by atoms with van der Waals surface area (Å²) in [5.41, 5.74) is 3.40. The van der Waals surface area contributed by atoms with Gasteiger partial charge in [0.15, 0.2) is 0 Å². The van der Waals surface area contributed by atoms with Crippen molar-refractivity contribution in [3.63, 3.8) is 0 Å². The molecule has 0 saturated heterocycles. The third-order valence-corrected chi connectivity index (χ3v) is 3.45. The van der Waals surface area contributed by atoms with Gasteiger partial charge in [-0.25, -0.2) is 9.78 Å². The van der Waals surface area contributed by atoms with E-state index in [0.29, 0.717) is 6.04 Å². The van der Waals surface area contributed by atoms with Crippen molar-refractivity contribution in [2.75, 3.05) is 4.90 Å². The minimum atomic E-state index is -0.998. The van der Waals surface area contributed by atoms with Crippen LogP contribution in [0.15, 0.2) is 42.6 Å². The molecule has 1 aliphatic rings. The zero-order valence-corrected chi connectivity index (χ0v) is 10.6. The van der Waals surface area contributed by atoms with E-state index in [4.69, 9.17) is 5.11 Å². The number of aromatic carboxylic acids is 1. The first-order valence-electron chi connectivity index (χ1n) is 6.23. The monoisotopic (exact) mass is 254 g/mol. The van der Waals surface area contributed by atoms with Crippen molar-refractivity contribution in [1.82, 2.24) is 4.98 Å². The molecule has 1 atom stereocenters. The molecule has 0 fully saturated rings. The first kappa shape index (κ1) is 11.7. The van der Waals surface area contributed by atoms with Gasteiger partial charge in [-0.1, -0.05) is 18.2 Å². The van der Waals surface area contributed by atoms with Crippen LogP contribution < -0.4 is 4.90 Å². The fourth-order valence-corrected chi connectivity index (χ4v) is 2.65. The predicted molar refractivity (Wildman–Crippen MR) is 72.9 cm³/mol. The first-order chi connectivity index (χ1) is 9.16. The molecular weight excluding hydrogens is 240 g/mol. The number of carboxylic acid groups (broad SMARTS) is 1. The molecule has 0 aliphatic carbocycles. The van der Waals surface area contributed by atoms with Crippen molar-refractivity contribution in [1.29, 1.82) is 0 Å². The Morgan fingerprint density at radius 2 is 2.16 bits per heavy atom. The Labute approximate surface area is 111 Å². The molecule has 1 aromatic heterocycles. The third kappa shape index (κ3) is 1.95. The zero-order valence-electron chi connectivity index (χ0n) is 10.6. The first-order valence-corrected chi connectivity index (χ1v) is 6.23. The van der Waals surface area contributed by atoms with Crippen LogP contribution in [0.1, 0.15) is 23.0 Å². The lowest BCUT2D eigenvalue weighted by Crippen LogP contribution is -2.24. The minimum absolute atomic E-state index is 0.0779. The highest BCUT2D eigenvalue weighted by Gasteiger charge is 2.27. The summed E-state index contributed by atoms with van der Waals surface area (Å²) in [4.78, 5) is 17.0. The van der Waals surface area contributed by atoms with E-state index >= 15 is 0 Å². The molecule has 96 valence electrons. The number of fused-ring (bicyclic) bond motifs is 1. The fourth-order valence-electron chi connectivity index (χ4n) is 2.65. The Morgan fingerprint density at radius 1 is 1.37 bits per heavy atom. The molecule has 1 aromatic carbocycles. The molecule has 0 saturated carbocycles. The van der Waals surface area contributed by atoms with Gasteiger partial charge in [-0.05, 0) is 37.1 Å². The van der Waals surface area contributed by atoms with Gasteiger partial charge < -0.3 is 10.0 Å². The lowest BCUT2D eigenvalue weighted by molar-refractivity contribution is 0.0690. The molecular formula is C15H14N2O2. The van der Waals surface area contributed by atoms with Gasteiger partial charge in [-0.2, -0.15) is 0 Å². The van der Waals surface area contributed by atoms with Crippen LogP contribution in [0.4, 0.5) is 11.4 Å². The summed E-state index contributed by atoms with van der Waals surface area (Å²) < 4.78 is 0. The maximum atomic E-state index is 11.0. The topological polar surface area (TPSA) is 53.4 Å². The molecule has 19 heavy (non-hydrogen) atoms. The SMILES string of the molecule is CC1Cc2ccccc2N1c1ccnc(C(=O)O)c1. The van der Waals surface area contributed by atoms with E-state index in [1.54, 1.807) is 12.3 Å². The Balaban J connectivity index is 2.07. The van der Waals surface area contributed by atoms with Gasteiger partial charge in [-0.15, -0.1) is 0 Å². The average Bonchev–Trinajstić information content (AvgIpc) is 2.74. The van der Waals surface area contributed by atoms with Crippen molar-refractivity contribution in [2.45, 2.75) is 19.4 Å². The lowest BCUT2D eigenvalue weighted by atomic mass is 10.1. The molecule has 0 radical (unpaired) electrons. The quantitative estimate of drug-likeness (QED) is 0.895. The van der Waals surface area contributed by atoms with E-state index in [9.17, 15) is 4.79 Å². The maximum absolute atomic E-state index is 11.0. The maximum Gasteiger partial charge on any atom is 0.354 e. The second-order valence-electron chi connectivity index (χ2n) is 4.76. The van der Waals surface area contributed by atoms with Crippen LogP contribution in [0.5, 0.6) is 0 Å². The number of carboxylic acids is 1. The highest BCUT2D eigenvalue weighted by Crippen LogP contribution is 2.37. The van der Waals surface area contributed by atoms with E-state index in [0.717, 1.165) is 17.8 Å². The van der Waals surface area contributed by atoms with Crippen LogP contribution in [-0.4, -0.2) is 22.1 Å². The van der Waals surface area contributed by atoms with E-state index in [2.05, 4.69) is 28.9 Å². The van der Waals surface area contributed by atoms with Crippen molar-refractivity contribution in [3.05, 3.63) is 53.9 Å². The molecule has 1 aliphatic heterocycles. The van der Waals surface area contributed by atoms with Gasteiger partial charge in [0.2, 0.25) is 0 Å². The Bertz CT molecular complexity index is 640. The summed E-state index contributed by atoms with van der Waals surface area (Å²) in [6.45, 7) is 2.14. The van der Waals surface area contributed by atoms with E-state index < -0.39 is 5.97 Å². The standard InChI is InChI=1S/C15H14N2O2/c1-10-8-11-4-2-3-5-14(11)17(10)12-6-7-16-13(9-12)15(18)19/h2-7,9-10H,8H2,1H3,(H,18,19). The zero-order chi connectivity index (χ0) is 13.4. The Hall–Kier alpha value is -2.36. The molecule has 2 heterocycles. The van der Waals surface area contributed by atoms with E-state index in [1.807, 2.05) is 18.2 Å². The van der Waals surface area contributed by atoms with E-state index in [-0.39, 0.29) is 5.69 Å². The van der Waals surface area contributed by atoms with Crippen molar-refractivity contribution >= 4 is 17.3 Å². The van der Waals surface area contributed by atoms with Crippen molar-refractivity contribution < 1.29 is 9.90 Å². The number of carbonyl (C=O) groups is 1. The molecule has 4 nitrogen and oxygen atoms in total. The molecule has 1 unspecified atom stereocenters. The van der Waals surface area contributed by atoms with Crippen molar-refractivity contribution in [3.8, 4) is 0 Å². The number of hydrogen-bond acceptors (Lipinski definition) is 3.